The monoisotopic (exact) mass is 263 g/mol. The summed E-state index contributed by atoms with van der Waals surface area (Å²) >= 11 is 6.16. The van der Waals surface area contributed by atoms with E-state index < -0.39 is 5.54 Å². The second-order valence-corrected chi connectivity index (χ2v) is 6.15. The molecule has 0 bridgehead atoms. The Bertz CT molecular complexity index is 569. The third-order valence-electron chi connectivity index (χ3n) is 3.61. The van der Waals surface area contributed by atoms with Crippen molar-refractivity contribution in [3.8, 4) is 5.75 Å². The summed E-state index contributed by atoms with van der Waals surface area (Å²) in [5, 5.41) is 0.678. The van der Waals surface area contributed by atoms with Gasteiger partial charge in [0, 0.05) is 17.0 Å². The number of halogens is 1. The number of isocyanates is 1. The quantitative estimate of drug-likeness (QED) is 0.606. The Labute approximate surface area is 111 Å². The lowest BCUT2D eigenvalue weighted by Crippen LogP contribution is -2.25. The molecule has 18 heavy (non-hydrogen) atoms. The summed E-state index contributed by atoms with van der Waals surface area (Å²) in [4.78, 5) is 14.5. The lowest BCUT2D eigenvalue weighted by Gasteiger charge is -2.19. The number of fused-ring (bicyclic) bond motifs is 1. The highest BCUT2D eigenvalue weighted by Crippen LogP contribution is 2.55. The smallest absolute Gasteiger partial charge is 0.235 e. The fraction of sp³-hybridized carbons (Fsp3) is 0.500. The zero-order valence-corrected chi connectivity index (χ0v) is 11.2. The molecule has 1 aliphatic heterocycles. The lowest BCUT2D eigenvalue weighted by molar-refractivity contribution is 0.136. The fourth-order valence-electron chi connectivity index (χ4n) is 2.67. The van der Waals surface area contributed by atoms with E-state index in [0.29, 0.717) is 5.02 Å². The maximum absolute atomic E-state index is 10.6. The van der Waals surface area contributed by atoms with E-state index in [1.807, 2.05) is 26.0 Å². The minimum absolute atomic E-state index is 0.220. The molecule has 0 spiro atoms. The van der Waals surface area contributed by atoms with Crippen LogP contribution < -0.4 is 4.74 Å². The molecule has 0 N–H and O–H groups in total. The van der Waals surface area contributed by atoms with Crippen LogP contribution in [-0.4, -0.2) is 11.7 Å². The van der Waals surface area contributed by atoms with E-state index in [1.165, 1.54) is 0 Å². The molecule has 0 radical (unpaired) electrons. The van der Waals surface area contributed by atoms with Gasteiger partial charge in [-0.05, 0) is 44.4 Å². The van der Waals surface area contributed by atoms with E-state index in [9.17, 15) is 4.79 Å². The van der Waals surface area contributed by atoms with Crippen LogP contribution in [0.25, 0.3) is 0 Å². The molecule has 1 aliphatic carbocycles. The SMILES string of the molecule is CC1(C)Cc2cc(Cl)cc(C3(N=C=O)CC3)c2O1. The van der Waals surface area contributed by atoms with Crippen LogP contribution in [0, 0.1) is 0 Å². The van der Waals surface area contributed by atoms with Crippen molar-refractivity contribution in [2.24, 2.45) is 4.99 Å². The second kappa shape index (κ2) is 3.59. The molecule has 1 fully saturated rings. The summed E-state index contributed by atoms with van der Waals surface area (Å²) in [5.74, 6) is 0.862. The number of benzene rings is 1. The van der Waals surface area contributed by atoms with E-state index in [0.717, 1.165) is 36.1 Å². The normalized spacial score (nSPS) is 21.7. The van der Waals surface area contributed by atoms with Gasteiger partial charge >= 0.3 is 0 Å². The third-order valence-corrected chi connectivity index (χ3v) is 3.83. The number of nitrogens with zero attached hydrogens (tertiary/aromatic N) is 1. The van der Waals surface area contributed by atoms with E-state index in [-0.39, 0.29) is 5.60 Å². The highest BCUT2D eigenvalue weighted by atomic mass is 35.5. The highest BCUT2D eigenvalue weighted by Gasteiger charge is 2.49. The molecule has 1 heterocycles. The van der Waals surface area contributed by atoms with Crippen molar-refractivity contribution in [3.63, 3.8) is 0 Å². The van der Waals surface area contributed by atoms with Gasteiger partial charge in [0.15, 0.2) is 0 Å². The van der Waals surface area contributed by atoms with Crippen molar-refractivity contribution in [1.82, 2.24) is 0 Å². The molecule has 0 saturated heterocycles. The summed E-state index contributed by atoms with van der Waals surface area (Å²) in [6.07, 6.45) is 4.23. The lowest BCUT2D eigenvalue weighted by atomic mass is 9.97. The zero-order chi connectivity index (χ0) is 13.0. The Balaban J connectivity index is 2.15. The summed E-state index contributed by atoms with van der Waals surface area (Å²) in [6.45, 7) is 4.10. The highest BCUT2D eigenvalue weighted by molar-refractivity contribution is 6.30. The van der Waals surface area contributed by atoms with Crippen LogP contribution in [0.5, 0.6) is 5.75 Å². The fourth-order valence-corrected chi connectivity index (χ4v) is 2.91. The zero-order valence-electron chi connectivity index (χ0n) is 10.4. The number of hydrogen-bond donors (Lipinski definition) is 0. The van der Waals surface area contributed by atoms with Gasteiger partial charge in [0.1, 0.15) is 16.9 Å². The predicted molar refractivity (Wildman–Crippen MR) is 68.9 cm³/mol. The Kier molecular flexibility index (Phi) is 2.35. The molecule has 1 aromatic rings. The first-order chi connectivity index (χ1) is 8.46. The minimum Gasteiger partial charge on any atom is -0.487 e. The number of rotatable bonds is 2. The number of ether oxygens (including phenoxy) is 1. The minimum atomic E-state index is -0.433. The van der Waals surface area contributed by atoms with Crippen molar-refractivity contribution in [2.75, 3.05) is 0 Å². The van der Waals surface area contributed by atoms with Crippen LogP contribution in [0.1, 0.15) is 37.8 Å². The second-order valence-electron chi connectivity index (χ2n) is 5.71. The molecule has 0 atom stereocenters. The van der Waals surface area contributed by atoms with Gasteiger partial charge in [0.05, 0.1) is 0 Å². The maximum Gasteiger partial charge on any atom is 0.235 e. The van der Waals surface area contributed by atoms with Gasteiger partial charge in [0.2, 0.25) is 6.08 Å². The van der Waals surface area contributed by atoms with Crippen molar-refractivity contribution in [2.45, 2.75) is 44.2 Å². The molecular weight excluding hydrogens is 250 g/mol. The maximum atomic E-state index is 10.6. The van der Waals surface area contributed by atoms with Crippen molar-refractivity contribution in [3.05, 3.63) is 28.3 Å². The van der Waals surface area contributed by atoms with E-state index >= 15 is 0 Å². The molecule has 94 valence electrons. The number of hydrogen-bond acceptors (Lipinski definition) is 3. The Morgan fingerprint density at radius 3 is 2.72 bits per heavy atom. The van der Waals surface area contributed by atoms with Gasteiger partial charge < -0.3 is 4.74 Å². The third kappa shape index (κ3) is 1.75. The molecule has 0 amide bonds. The molecule has 0 unspecified atom stereocenters. The van der Waals surface area contributed by atoms with Crippen LogP contribution in [0.3, 0.4) is 0 Å². The Morgan fingerprint density at radius 1 is 1.39 bits per heavy atom. The van der Waals surface area contributed by atoms with Crippen LogP contribution >= 0.6 is 11.6 Å². The van der Waals surface area contributed by atoms with Gasteiger partial charge in [-0.3, -0.25) is 0 Å². The van der Waals surface area contributed by atoms with Crippen LogP contribution in [0.2, 0.25) is 5.02 Å². The number of carbonyl (C=O) groups excluding carboxylic acids is 1. The summed E-state index contributed by atoms with van der Waals surface area (Å²) in [5.41, 5.74) is 1.40. The topological polar surface area (TPSA) is 38.7 Å². The predicted octanol–water partition coefficient (Wildman–Crippen LogP) is 3.38. The van der Waals surface area contributed by atoms with Gasteiger partial charge in [-0.2, -0.15) is 4.99 Å². The van der Waals surface area contributed by atoms with Gasteiger partial charge in [-0.15, -0.1) is 0 Å². The van der Waals surface area contributed by atoms with Crippen molar-refractivity contribution < 1.29 is 9.53 Å². The molecule has 3 rings (SSSR count). The molecular formula is C14H14ClNO2. The van der Waals surface area contributed by atoms with Crippen molar-refractivity contribution in [1.29, 1.82) is 0 Å². The van der Waals surface area contributed by atoms with Gasteiger partial charge in [0.25, 0.3) is 0 Å². The standard InChI is InChI=1S/C14H14ClNO2/c1-13(2)7-9-5-10(15)6-11(12(9)18-13)14(3-4-14)16-8-17/h5-6H,3-4,7H2,1-2H3. The first kappa shape index (κ1) is 11.8. The molecule has 3 nitrogen and oxygen atoms in total. The summed E-state index contributed by atoms with van der Waals surface area (Å²) in [6, 6.07) is 3.81. The van der Waals surface area contributed by atoms with E-state index in [1.54, 1.807) is 6.08 Å². The van der Waals surface area contributed by atoms with Crippen LogP contribution in [-0.2, 0) is 16.8 Å². The average Bonchev–Trinajstić information content (AvgIpc) is 2.95. The number of aliphatic imine (C=N–C) groups is 1. The molecule has 1 aromatic carbocycles. The first-order valence-corrected chi connectivity index (χ1v) is 6.45. The van der Waals surface area contributed by atoms with E-state index in [4.69, 9.17) is 16.3 Å². The van der Waals surface area contributed by atoms with Gasteiger partial charge in [-0.1, -0.05) is 11.6 Å². The molecule has 2 aliphatic rings. The molecule has 1 saturated carbocycles. The first-order valence-electron chi connectivity index (χ1n) is 6.07. The largest absolute Gasteiger partial charge is 0.487 e. The molecule has 0 aromatic heterocycles. The van der Waals surface area contributed by atoms with Crippen molar-refractivity contribution >= 4 is 17.7 Å². The average molecular weight is 264 g/mol. The summed E-state index contributed by atoms with van der Waals surface area (Å²) in [7, 11) is 0. The molecule has 4 heteroatoms. The van der Waals surface area contributed by atoms with Crippen LogP contribution in [0.15, 0.2) is 17.1 Å². The Morgan fingerprint density at radius 2 is 2.11 bits per heavy atom. The summed E-state index contributed by atoms with van der Waals surface area (Å²) < 4.78 is 6.00. The Hall–Kier alpha value is -1.31. The van der Waals surface area contributed by atoms with Crippen LogP contribution in [0.4, 0.5) is 0 Å². The van der Waals surface area contributed by atoms with E-state index in [2.05, 4.69) is 4.99 Å². The van der Waals surface area contributed by atoms with Gasteiger partial charge in [-0.25, -0.2) is 4.79 Å².